The number of hydrogen-bond donors (Lipinski definition) is 4. The molecule has 11 heteroatoms. The molecule has 0 bridgehead atoms. The predicted octanol–water partition coefficient (Wildman–Crippen LogP) is 1.56. The molecule has 0 saturated heterocycles. The van der Waals surface area contributed by atoms with E-state index in [9.17, 15) is 4.79 Å². The summed E-state index contributed by atoms with van der Waals surface area (Å²) in [5, 5.41) is 19.5. The second-order valence-electron chi connectivity index (χ2n) is 7.27. The molecule has 0 aliphatic carbocycles. The van der Waals surface area contributed by atoms with Gasteiger partial charge in [0.2, 0.25) is 5.95 Å². The van der Waals surface area contributed by atoms with Crippen molar-refractivity contribution >= 4 is 34.3 Å². The molecule has 6 N–H and O–H groups in total. The van der Waals surface area contributed by atoms with E-state index in [4.69, 9.17) is 16.2 Å². The Labute approximate surface area is 180 Å². The lowest BCUT2D eigenvalue weighted by molar-refractivity contribution is 0.0995. The minimum Gasteiger partial charge on any atom is -0.380 e. The van der Waals surface area contributed by atoms with Crippen LogP contribution in [0.3, 0.4) is 0 Å². The number of aryl methyl sites for hydroxylation is 2. The average Bonchev–Trinajstić information content (AvgIpc) is 3.15. The Morgan fingerprint density at radius 1 is 1.29 bits per heavy atom. The summed E-state index contributed by atoms with van der Waals surface area (Å²) >= 11 is 0. The first-order valence-electron chi connectivity index (χ1n) is 10.2. The van der Waals surface area contributed by atoms with Crippen LogP contribution in [0.5, 0.6) is 0 Å². The Morgan fingerprint density at radius 2 is 2.06 bits per heavy atom. The summed E-state index contributed by atoms with van der Waals surface area (Å²) in [6.07, 6.45) is 1.80. The van der Waals surface area contributed by atoms with Gasteiger partial charge in [-0.15, -0.1) is 10.2 Å². The zero-order valence-corrected chi connectivity index (χ0v) is 18.2. The fourth-order valence-electron chi connectivity index (χ4n) is 3.25. The van der Waals surface area contributed by atoms with Crippen LogP contribution in [0.4, 0.5) is 17.5 Å². The fourth-order valence-corrected chi connectivity index (χ4v) is 3.25. The van der Waals surface area contributed by atoms with Crippen molar-refractivity contribution in [2.75, 3.05) is 23.8 Å². The Bertz CT molecular complexity index is 1070. The van der Waals surface area contributed by atoms with E-state index < -0.39 is 5.91 Å². The molecule has 1 amide bonds. The van der Waals surface area contributed by atoms with Gasteiger partial charge in [-0.1, -0.05) is 0 Å². The third-order valence-corrected chi connectivity index (χ3v) is 4.92. The number of amides is 1. The largest absolute Gasteiger partial charge is 0.380 e. The molecule has 31 heavy (non-hydrogen) atoms. The van der Waals surface area contributed by atoms with Crippen LogP contribution < -0.4 is 22.1 Å². The van der Waals surface area contributed by atoms with Gasteiger partial charge in [0.25, 0.3) is 5.91 Å². The Morgan fingerprint density at radius 3 is 2.74 bits per heavy atom. The average molecular weight is 428 g/mol. The highest BCUT2D eigenvalue weighted by atomic mass is 16.5. The van der Waals surface area contributed by atoms with Gasteiger partial charge in [-0.2, -0.15) is 10.1 Å². The van der Waals surface area contributed by atoms with Crippen molar-refractivity contribution in [1.82, 2.24) is 25.0 Å². The normalized spacial score (nSPS) is 13.2. The van der Waals surface area contributed by atoms with E-state index in [0.717, 1.165) is 28.7 Å². The number of anilines is 3. The van der Waals surface area contributed by atoms with E-state index in [1.54, 1.807) is 6.20 Å². The van der Waals surface area contributed by atoms with Crippen molar-refractivity contribution in [3.05, 3.63) is 29.6 Å². The lowest BCUT2D eigenvalue weighted by atomic mass is 10.1. The van der Waals surface area contributed by atoms with Gasteiger partial charge in [-0.3, -0.25) is 9.48 Å². The molecule has 0 fully saturated rings. The van der Waals surface area contributed by atoms with Crippen molar-refractivity contribution < 1.29 is 9.53 Å². The lowest BCUT2D eigenvalue weighted by Gasteiger charge is -2.21. The predicted molar refractivity (Wildman–Crippen MR) is 119 cm³/mol. The van der Waals surface area contributed by atoms with Crippen molar-refractivity contribution in [3.8, 4) is 0 Å². The molecule has 2 heterocycles. The number of carbonyl (C=O) groups is 1. The number of benzene rings is 1. The maximum atomic E-state index is 11.9. The Kier molecular flexibility index (Phi) is 6.98. The third-order valence-electron chi connectivity index (χ3n) is 4.92. The number of fused-ring (bicyclic) bond motifs is 1. The van der Waals surface area contributed by atoms with Gasteiger partial charge in [-0.05, 0) is 45.4 Å². The van der Waals surface area contributed by atoms with Gasteiger partial charge in [-0.25, -0.2) is 0 Å². The molecule has 11 nitrogen and oxygen atoms in total. The summed E-state index contributed by atoms with van der Waals surface area (Å²) in [7, 11) is 0. The lowest BCUT2D eigenvalue weighted by Crippen LogP contribution is -2.42. The van der Waals surface area contributed by atoms with Crippen LogP contribution in [0.25, 0.3) is 10.9 Å². The van der Waals surface area contributed by atoms with Crippen LogP contribution >= 0.6 is 0 Å². The zero-order chi connectivity index (χ0) is 22.5. The number of nitrogens with two attached hydrogens (primary N) is 2. The van der Waals surface area contributed by atoms with Gasteiger partial charge in [0.1, 0.15) is 0 Å². The first-order valence-corrected chi connectivity index (χ1v) is 10.2. The number of primary amides is 1. The van der Waals surface area contributed by atoms with Crippen LogP contribution in [0, 0.1) is 6.92 Å². The second-order valence-corrected chi connectivity index (χ2v) is 7.27. The first-order chi connectivity index (χ1) is 14.8. The molecule has 0 unspecified atom stereocenters. The number of carbonyl (C=O) groups excluding carboxylic acids is 1. The molecule has 0 aliphatic heterocycles. The third kappa shape index (κ3) is 5.06. The van der Waals surface area contributed by atoms with Crippen LogP contribution in [-0.4, -0.2) is 56.2 Å². The molecule has 1 aromatic carbocycles. The molecule has 2 atom stereocenters. The Hall–Kier alpha value is -3.31. The molecule has 0 spiro atoms. The van der Waals surface area contributed by atoms with Crippen molar-refractivity contribution in [1.29, 1.82) is 0 Å². The Balaban J connectivity index is 1.88. The summed E-state index contributed by atoms with van der Waals surface area (Å²) < 4.78 is 7.30. The molecule has 2 aromatic heterocycles. The fraction of sp³-hybridized carbons (Fsp3) is 0.450. The number of hydrogen-bond acceptors (Lipinski definition) is 9. The maximum Gasteiger partial charge on any atom is 0.273 e. The summed E-state index contributed by atoms with van der Waals surface area (Å²) in [4.78, 5) is 16.3. The SMILES string of the molecule is CCOC[C@H](N)[C@@H](C)Nc1nnc(C(N)=O)c(Nc2cc(C)c3c(cnn3CC)c2)n1. The second kappa shape index (κ2) is 9.67. The molecular formula is C20H29N9O2. The van der Waals surface area contributed by atoms with Gasteiger partial charge in [0.05, 0.1) is 18.3 Å². The van der Waals surface area contributed by atoms with Gasteiger partial charge in [0, 0.05) is 36.3 Å². The van der Waals surface area contributed by atoms with Gasteiger partial charge >= 0.3 is 0 Å². The molecule has 166 valence electrons. The van der Waals surface area contributed by atoms with E-state index in [0.29, 0.717) is 13.2 Å². The highest BCUT2D eigenvalue weighted by molar-refractivity contribution is 5.96. The molecule has 3 rings (SSSR count). The monoisotopic (exact) mass is 427 g/mol. The zero-order valence-electron chi connectivity index (χ0n) is 18.2. The van der Waals surface area contributed by atoms with Gasteiger partial charge < -0.3 is 26.8 Å². The molecular weight excluding hydrogens is 398 g/mol. The van der Waals surface area contributed by atoms with E-state index in [1.165, 1.54) is 0 Å². The summed E-state index contributed by atoms with van der Waals surface area (Å²) in [5.41, 5.74) is 14.4. The van der Waals surface area contributed by atoms with Crippen molar-refractivity contribution in [2.24, 2.45) is 11.5 Å². The first kappa shape index (κ1) is 22.4. The van der Waals surface area contributed by atoms with E-state index in [-0.39, 0.29) is 29.5 Å². The number of nitrogens with one attached hydrogen (secondary N) is 2. The standard InChI is InChI=1S/C20H29N9O2/c1-5-29-17-11(3)7-14(8-13(17)9-23-29)25-19-16(18(22)30)27-28-20(26-19)24-12(4)15(21)10-31-6-2/h7-9,12,15H,5-6,10,21H2,1-4H3,(H2,22,30)(H2,24,25,26,28)/t12-,15+/m1/s1. The number of aromatic nitrogens is 5. The number of ether oxygens (including phenoxy) is 1. The molecule has 0 radical (unpaired) electrons. The van der Waals surface area contributed by atoms with E-state index in [1.807, 2.05) is 44.5 Å². The van der Waals surface area contributed by atoms with Crippen LogP contribution in [0.2, 0.25) is 0 Å². The minimum absolute atomic E-state index is 0.0566. The van der Waals surface area contributed by atoms with E-state index >= 15 is 0 Å². The van der Waals surface area contributed by atoms with Crippen LogP contribution in [0.15, 0.2) is 18.3 Å². The van der Waals surface area contributed by atoms with E-state index in [2.05, 4.69) is 30.9 Å². The molecule has 0 aliphatic rings. The smallest absolute Gasteiger partial charge is 0.273 e. The van der Waals surface area contributed by atoms with Crippen LogP contribution in [-0.2, 0) is 11.3 Å². The van der Waals surface area contributed by atoms with Crippen LogP contribution in [0.1, 0.15) is 36.8 Å². The number of nitrogens with zero attached hydrogens (tertiary/aromatic N) is 5. The van der Waals surface area contributed by atoms with Crippen molar-refractivity contribution in [2.45, 2.75) is 46.3 Å². The highest BCUT2D eigenvalue weighted by Crippen LogP contribution is 2.26. The highest BCUT2D eigenvalue weighted by Gasteiger charge is 2.19. The quantitative estimate of drug-likeness (QED) is 0.376. The maximum absolute atomic E-state index is 11.9. The van der Waals surface area contributed by atoms with Gasteiger partial charge in [0.15, 0.2) is 11.5 Å². The summed E-state index contributed by atoms with van der Waals surface area (Å²) in [6, 6.07) is 3.44. The summed E-state index contributed by atoms with van der Waals surface area (Å²) in [5.74, 6) is -0.299. The number of rotatable bonds is 10. The van der Waals surface area contributed by atoms with Crippen molar-refractivity contribution in [3.63, 3.8) is 0 Å². The molecule has 3 aromatic rings. The minimum atomic E-state index is -0.730. The topological polar surface area (TPSA) is 159 Å². The molecule has 0 saturated carbocycles. The summed E-state index contributed by atoms with van der Waals surface area (Å²) in [6.45, 7) is 9.60.